The Morgan fingerprint density at radius 1 is 1.29 bits per heavy atom. The van der Waals surface area contributed by atoms with E-state index in [9.17, 15) is 9.59 Å². The molecule has 6 heteroatoms. The van der Waals surface area contributed by atoms with E-state index in [0.717, 1.165) is 6.42 Å². The Morgan fingerprint density at radius 2 is 2.00 bits per heavy atom. The van der Waals surface area contributed by atoms with Gasteiger partial charge in [0.05, 0.1) is 16.2 Å². The predicted octanol–water partition coefficient (Wildman–Crippen LogP) is 5.16. The number of benzene rings is 2. The van der Waals surface area contributed by atoms with Gasteiger partial charge in [-0.3, -0.25) is 14.2 Å². The maximum absolute atomic E-state index is 12.9. The highest BCUT2D eigenvalue weighted by atomic mass is 35.5. The molecule has 3 aromatic rings. The molecule has 2 aromatic carbocycles. The van der Waals surface area contributed by atoms with Crippen molar-refractivity contribution in [2.75, 3.05) is 0 Å². The number of hydrogen-bond donors (Lipinski definition) is 0. The molecule has 3 rings (SSSR count). The third-order valence-electron chi connectivity index (χ3n) is 4.49. The minimum absolute atomic E-state index is 0.00302. The average molecular weight is 413 g/mol. The molecule has 0 radical (unpaired) electrons. The fourth-order valence-electron chi connectivity index (χ4n) is 2.90. The summed E-state index contributed by atoms with van der Waals surface area (Å²) in [6.07, 6.45) is 2.57. The van der Waals surface area contributed by atoms with E-state index in [1.165, 1.54) is 21.9 Å². The van der Waals surface area contributed by atoms with Crippen LogP contribution >= 0.6 is 23.4 Å². The number of thioether (sulfide) groups is 1. The van der Waals surface area contributed by atoms with E-state index in [0.29, 0.717) is 33.2 Å². The number of rotatable bonds is 7. The van der Waals surface area contributed by atoms with Crippen molar-refractivity contribution in [3.8, 4) is 0 Å². The summed E-state index contributed by atoms with van der Waals surface area (Å²) in [5.41, 5.74) is 2.21. The predicted molar refractivity (Wildman–Crippen MR) is 117 cm³/mol. The van der Waals surface area contributed by atoms with Crippen LogP contribution in [-0.4, -0.2) is 20.6 Å². The lowest BCUT2D eigenvalue weighted by atomic mass is 10.1. The van der Waals surface area contributed by atoms with Crippen molar-refractivity contribution in [1.82, 2.24) is 9.55 Å². The SMILES string of the molecule is C=CCn1c(S[C@H](C)C(=O)c2ccc(CC)cc2)nc2ccc(Cl)cc2c1=O. The minimum Gasteiger partial charge on any atom is -0.293 e. The summed E-state index contributed by atoms with van der Waals surface area (Å²) in [7, 11) is 0. The highest BCUT2D eigenvalue weighted by molar-refractivity contribution is 8.00. The first-order chi connectivity index (χ1) is 13.4. The number of ketones is 1. The zero-order valence-electron chi connectivity index (χ0n) is 15.8. The molecule has 0 saturated heterocycles. The number of carbonyl (C=O) groups is 1. The second-order valence-corrected chi connectivity index (χ2v) is 8.18. The second kappa shape index (κ2) is 8.76. The van der Waals surface area contributed by atoms with E-state index < -0.39 is 0 Å². The van der Waals surface area contributed by atoms with Gasteiger partial charge in [-0.2, -0.15) is 0 Å². The van der Waals surface area contributed by atoms with Gasteiger partial charge in [0.2, 0.25) is 0 Å². The number of halogens is 1. The number of aromatic nitrogens is 2. The summed E-state index contributed by atoms with van der Waals surface area (Å²) in [5, 5.41) is 1.04. The number of carbonyl (C=O) groups excluding carboxylic acids is 1. The molecule has 0 bridgehead atoms. The molecule has 4 nitrogen and oxygen atoms in total. The van der Waals surface area contributed by atoms with Gasteiger partial charge in [-0.25, -0.2) is 4.98 Å². The Kier molecular flexibility index (Phi) is 6.37. The van der Waals surface area contributed by atoms with E-state index in [-0.39, 0.29) is 16.6 Å². The number of allylic oxidation sites excluding steroid dienone is 1. The van der Waals surface area contributed by atoms with Gasteiger partial charge in [0, 0.05) is 17.1 Å². The van der Waals surface area contributed by atoms with E-state index in [1.54, 1.807) is 24.3 Å². The van der Waals surface area contributed by atoms with Crippen LogP contribution in [0.15, 0.2) is 65.1 Å². The first-order valence-electron chi connectivity index (χ1n) is 9.05. The van der Waals surface area contributed by atoms with Crippen LogP contribution in [0.25, 0.3) is 10.9 Å². The molecule has 0 unspecified atom stereocenters. The van der Waals surface area contributed by atoms with Crippen molar-refractivity contribution in [3.63, 3.8) is 0 Å². The lowest BCUT2D eigenvalue weighted by Crippen LogP contribution is -2.24. The summed E-state index contributed by atoms with van der Waals surface area (Å²) in [5.74, 6) is 0.00302. The fourth-order valence-corrected chi connectivity index (χ4v) is 4.07. The molecular formula is C22H21ClN2O2S. The van der Waals surface area contributed by atoms with Crippen molar-refractivity contribution in [2.24, 2.45) is 0 Å². The molecule has 144 valence electrons. The van der Waals surface area contributed by atoms with Crippen LogP contribution in [-0.2, 0) is 13.0 Å². The van der Waals surface area contributed by atoms with Crippen LogP contribution in [0.2, 0.25) is 5.02 Å². The maximum atomic E-state index is 12.9. The lowest BCUT2D eigenvalue weighted by Gasteiger charge is -2.15. The molecule has 0 spiro atoms. The van der Waals surface area contributed by atoms with E-state index in [1.807, 2.05) is 31.2 Å². The average Bonchev–Trinajstić information content (AvgIpc) is 2.71. The van der Waals surface area contributed by atoms with Crippen LogP contribution < -0.4 is 5.56 Å². The van der Waals surface area contributed by atoms with Gasteiger partial charge in [0.25, 0.3) is 5.56 Å². The number of nitrogens with zero attached hydrogens (tertiary/aromatic N) is 2. The lowest BCUT2D eigenvalue weighted by molar-refractivity contribution is 0.0994. The van der Waals surface area contributed by atoms with Gasteiger partial charge < -0.3 is 0 Å². The van der Waals surface area contributed by atoms with E-state index >= 15 is 0 Å². The van der Waals surface area contributed by atoms with Gasteiger partial charge in [-0.05, 0) is 37.1 Å². The quantitative estimate of drug-likeness (QED) is 0.233. The Morgan fingerprint density at radius 3 is 2.64 bits per heavy atom. The monoisotopic (exact) mass is 412 g/mol. The van der Waals surface area contributed by atoms with Crippen LogP contribution in [0.4, 0.5) is 0 Å². The second-order valence-electron chi connectivity index (χ2n) is 6.44. The molecule has 1 atom stereocenters. The summed E-state index contributed by atoms with van der Waals surface area (Å²) in [4.78, 5) is 30.3. The summed E-state index contributed by atoms with van der Waals surface area (Å²) >= 11 is 7.31. The van der Waals surface area contributed by atoms with Crippen molar-refractivity contribution in [1.29, 1.82) is 0 Å². The van der Waals surface area contributed by atoms with Crippen LogP contribution in [0, 0.1) is 0 Å². The molecule has 0 aliphatic rings. The fraction of sp³-hybridized carbons (Fsp3) is 0.227. The molecule has 0 amide bonds. The van der Waals surface area contributed by atoms with Crippen molar-refractivity contribution >= 4 is 40.0 Å². The Bertz CT molecular complexity index is 1090. The first kappa shape index (κ1) is 20.4. The van der Waals surface area contributed by atoms with Gasteiger partial charge in [-0.15, -0.1) is 6.58 Å². The molecule has 0 N–H and O–H groups in total. The van der Waals surface area contributed by atoms with Crippen molar-refractivity contribution < 1.29 is 4.79 Å². The number of aryl methyl sites for hydroxylation is 1. The topological polar surface area (TPSA) is 52.0 Å². The zero-order valence-corrected chi connectivity index (χ0v) is 17.4. The smallest absolute Gasteiger partial charge is 0.262 e. The Hall–Kier alpha value is -2.37. The number of fused-ring (bicyclic) bond motifs is 1. The number of Topliss-reactive ketones (excluding diaryl/α,β-unsaturated/α-hetero) is 1. The summed E-state index contributed by atoms with van der Waals surface area (Å²) < 4.78 is 1.53. The van der Waals surface area contributed by atoms with Gasteiger partial charge in [0.15, 0.2) is 10.9 Å². The standard InChI is InChI=1S/C22H21ClN2O2S/c1-4-12-25-21(27)18-13-17(23)10-11-19(18)24-22(25)28-14(3)20(26)16-8-6-15(5-2)7-9-16/h4,6-11,13-14H,1,5,12H2,2-3H3/t14-/m1/s1. The molecule has 0 aliphatic carbocycles. The molecule has 0 saturated carbocycles. The summed E-state index contributed by atoms with van der Waals surface area (Å²) in [6, 6.07) is 12.7. The zero-order chi connectivity index (χ0) is 20.3. The minimum atomic E-state index is -0.389. The first-order valence-corrected chi connectivity index (χ1v) is 10.3. The van der Waals surface area contributed by atoms with Crippen molar-refractivity contribution in [2.45, 2.75) is 37.2 Å². The normalized spacial score (nSPS) is 12.1. The molecule has 1 aromatic heterocycles. The number of hydrogen-bond acceptors (Lipinski definition) is 4. The van der Waals surface area contributed by atoms with Crippen molar-refractivity contribution in [3.05, 3.63) is 81.6 Å². The molecule has 1 heterocycles. The molecule has 0 aliphatic heterocycles. The van der Waals surface area contributed by atoms with Gasteiger partial charge in [0.1, 0.15) is 0 Å². The van der Waals surface area contributed by atoms with E-state index in [2.05, 4.69) is 18.5 Å². The Labute approximate surface area is 173 Å². The Balaban J connectivity index is 1.96. The molecule has 28 heavy (non-hydrogen) atoms. The highest BCUT2D eigenvalue weighted by Gasteiger charge is 2.20. The van der Waals surface area contributed by atoms with Crippen LogP contribution in [0.1, 0.15) is 29.8 Å². The van der Waals surface area contributed by atoms with Gasteiger partial charge in [-0.1, -0.05) is 60.6 Å². The third-order valence-corrected chi connectivity index (χ3v) is 5.82. The van der Waals surface area contributed by atoms with E-state index in [4.69, 9.17) is 11.6 Å². The third kappa shape index (κ3) is 4.21. The van der Waals surface area contributed by atoms with Crippen LogP contribution in [0.3, 0.4) is 0 Å². The van der Waals surface area contributed by atoms with Gasteiger partial charge >= 0.3 is 0 Å². The highest BCUT2D eigenvalue weighted by Crippen LogP contribution is 2.26. The maximum Gasteiger partial charge on any atom is 0.262 e. The summed E-state index contributed by atoms with van der Waals surface area (Å²) in [6.45, 7) is 7.94. The largest absolute Gasteiger partial charge is 0.293 e. The van der Waals surface area contributed by atoms with Crippen LogP contribution in [0.5, 0.6) is 0 Å². The molecule has 0 fully saturated rings. The molecular weight excluding hydrogens is 392 g/mol.